The molecule has 2 aromatic carbocycles. The molecule has 120 valence electrons. The van der Waals surface area contributed by atoms with Crippen LogP contribution in [0.4, 0.5) is 0 Å². The van der Waals surface area contributed by atoms with Crippen LogP contribution in [-0.4, -0.2) is 22.3 Å². The van der Waals surface area contributed by atoms with Gasteiger partial charge in [0.2, 0.25) is 0 Å². The topological polar surface area (TPSA) is 37.9 Å². The van der Waals surface area contributed by atoms with Gasteiger partial charge in [-0.2, -0.15) is 0 Å². The Bertz CT molecular complexity index is 765. The van der Waals surface area contributed by atoms with E-state index < -0.39 is 0 Å². The third-order valence-electron chi connectivity index (χ3n) is 3.74. The molecule has 0 amide bonds. The summed E-state index contributed by atoms with van der Waals surface area (Å²) in [6.45, 7) is 4.99. The Balaban J connectivity index is 1.43. The predicted octanol–water partition coefficient (Wildman–Crippen LogP) is 4.99. The molecular formula is C19H22N2OS. The van der Waals surface area contributed by atoms with Gasteiger partial charge in [0.05, 0.1) is 17.6 Å². The van der Waals surface area contributed by atoms with E-state index in [4.69, 9.17) is 4.74 Å². The van der Waals surface area contributed by atoms with E-state index in [-0.39, 0.29) is 0 Å². The van der Waals surface area contributed by atoms with Crippen LogP contribution >= 0.6 is 11.8 Å². The van der Waals surface area contributed by atoms with Gasteiger partial charge in [-0.1, -0.05) is 36.9 Å². The van der Waals surface area contributed by atoms with Crippen LogP contribution in [-0.2, 0) is 6.42 Å². The highest BCUT2D eigenvalue weighted by Gasteiger charge is 2.03. The van der Waals surface area contributed by atoms with Gasteiger partial charge in [-0.15, -0.1) is 0 Å². The van der Waals surface area contributed by atoms with Crippen LogP contribution in [0.5, 0.6) is 5.75 Å². The first-order valence-electron chi connectivity index (χ1n) is 8.05. The van der Waals surface area contributed by atoms with Crippen molar-refractivity contribution in [2.45, 2.75) is 31.8 Å². The molecule has 1 N–H and O–H groups in total. The summed E-state index contributed by atoms with van der Waals surface area (Å²) in [5, 5.41) is 0.984. The number of hydrogen-bond acceptors (Lipinski definition) is 3. The molecule has 1 aromatic heterocycles. The van der Waals surface area contributed by atoms with E-state index >= 15 is 0 Å². The number of aromatic nitrogens is 2. The van der Waals surface area contributed by atoms with Gasteiger partial charge in [0.1, 0.15) is 5.75 Å². The first kappa shape index (κ1) is 15.9. The van der Waals surface area contributed by atoms with Gasteiger partial charge < -0.3 is 9.72 Å². The molecule has 0 atom stereocenters. The summed E-state index contributed by atoms with van der Waals surface area (Å²) in [6, 6.07) is 14.6. The molecule has 0 saturated heterocycles. The van der Waals surface area contributed by atoms with E-state index in [2.05, 4.69) is 54.1 Å². The highest BCUT2D eigenvalue weighted by Crippen LogP contribution is 2.21. The summed E-state index contributed by atoms with van der Waals surface area (Å²) in [4.78, 5) is 7.96. The average Bonchev–Trinajstić information content (AvgIpc) is 2.97. The Hall–Kier alpha value is -1.94. The predicted molar refractivity (Wildman–Crippen MR) is 97.5 cm³/mol. The lowest BCUT2D eigenvalue weighted by Gasteiger charge is -2.06. The number of thioether (sulfide) groups is 1. The molecule has 0 bridgehead atoms. The zero-order valence-corrected chi connectivity index (χ0v) is 14.5. The van der Waals surface area contributed by atoms with Gasteiger partial charge in [-0.3, -0.25) is 0 Å². The molecule has 0 unspecified atom stereocenters. The smallest absolute Gasteiger partial charge is 0.166 e. The maximum atomic E-state index is 5.77. The van der Waals surface area contributed by atoms with Crippen molar-refractivity contribution in [2.75, 3.05) is 12.4 Å². The van der Waals surface area contributed by atoms with Crippen molar-refractivity contribution in [2.24, 2.45) is 0 Å². The van der Waals surface area contributed by atoms with Crippen LogP contribution in [0, 0.1) is 6.92 Å². The average molecular weight is 326 g/mol. The van der Waals surface area contributed by atoms with Gasteiger partial charge in [0.15, 0.2) is 5.16 Å². The number of H-pyrrole nitrogens is 1. The maximum absolute atomic E-state index is 5.77. The van der Waals surface area contributed by atoms with E-state index in [1.165, 1.54) is 11.1 Å². The van der Waals surface area contributed by atoms with E-state index in [0.717, 1.165) is 47.1 Å². The number of ether oxygens (including phenoxy) is 1. The molecule has 3 nitrogen and oxygen atoms in total. The Morgan fingerprint density at radius 2 is 1.96 bits per heavy atom. The molecule has 0 radical (unpaired) electrons. The van der Waals surface area contributed by atoms with Crippen LogP contribution in [0.15, 0.2) is 47.6 Å². The summed E-state index contributed by atoms with van der Waals surface area (Å²) in [5.74, 6) is 1.94. The molecule has 0 aliphatic carbocycles. The van der Waals surface area contributed by atoms with E-state index in [9.17, 15) is 0 Å². The summed E-state index contributed by atoms with van der Waals surface area (Å²) < 4.78 is 5.77. The quantitative estimate of drug-likeness (QED) is 0.491. The van der Waals surface area contributed by atoms with Crippen molar-refractivity contribution in [3.63, 3.8) is 0 Å². The Morgan fingerprint density at radius 3 is 2.74 bits per heavy atom. The Kier molecular flexibility index (Phi) is 5.23. The monoisotopic (exact) mass is 326 g/mol. The molecule has 1 heterocycles. The van der Waals surface area contributed by atoms with Gasteiger partial charge in [-0.25, -0.2) is 4.98 Å². The summed E-state index contributed by atoms with van der Waals surface area (Å²) in [7, 11) is 0. The molecule has 0 spiro atoms. The number of hydrogen-bond donors (Lipinski definition) is 1. The fourth-order valence-corrected chi connectivity index (χ4v) is 3.21. The van der Waals surface area contributed by atoms with Crippen LogP contribution in [0.2, 0.25) is 0 Å². The summed E-state index contributed by atoms with van der Waals surface area (Å²) in [5.41, 5.74) is 4.73. The number of rotatable bonds is 7. The van der Waals surface area contributed by atoms with Crippen LogP contribution in [0.1, 0.15) is 24.5 Å². The first-order chi connectivity index (χ1) is 11.2. The maximum Gasteiger partial charge on any atom is 0.166 e. The molecule has 0 saturated carbocycles. The zero-order valence-electron chi connectivity index (χ0n) is 13.6. The number of aromatic amines is 1. The van der Waals surface area contributed by atoms with Gasteiger partial charge >= 0.3 is 0 Å². The fraction of sp³-hybridized carbons (Fsp3) is 0.316. The molecular weight excluding hydrogens is 304 g/mol. The summed E-state index contributed by atoms with van der Waals surface area (Å²) >= 11 is 1.75. The molecule has 3 aromatic rings. The van der Waals surface area contributed by atoms with Crippen LogP contribution in [0.25, 0.3) is 11.0 Å². The second kappa shape index (κ2) is 7.55. The van der Waals surface area contributed by atoms with Crippen molar-refractivity contribution in [3.05, 3.63) is 53.6 Å². The van der Waals surface area contributed by atoms with Crippen molar-refractivity contribution in [3.8, 4) is 5.75 Å². The molecule has 0 fully saturated rings. The normalized spacial score (nSPS) is 11.0. The van der Waals surface area contributed by atoms with E-state index in [1.54, 1.807) is 11.8 Å². The fourth-order valence-electron chi connectivity index (χ4n) is 2.41. The van der Waals surface area contributed by atoms with Gasteiger partial charge in [-0.05, 0) is 55.2 Å². The number of benzene rings is 2. The minimum absolute atomic E-state index is 0.734. The van der Waals surface area contributed by atoms with E-state index in [1.807, 2.05) is 12.1 Å². The highest BCUT2D eigenvalue weighted by atomic mass is 32.2. The second-order valence-corrected chi connectivity index (χ2v) is 6.69. The number of aryl methyl sites for hydroxylation is 2. The number of nitrogens with one attached hydrogen (secondary N) is 1. The lowest BCUT2D eigenvalue weighted by Crippen LogP contribution is -1.98. The standard InChI is InChI=1S/C19H22N2OS/c1-3-15-6-8-16(9-7-15)22-11-4-12-23-19-20-17-10-5-14(2)13-18(17)21-19/h5-10,13H,3-4,11-12H2,1-2H3,(H,20,21). The highest BCUT2D eigenvalue weighted by molar-refractivity contribution is 7.99. The Labute approximate surface area is 141 Å². The summed E-state index contributed by atoms with van der Waals surface area (Å²) in [6.07, 6.45) is 2.06. The molecule has 3 rings (SSSR count). The van der Waals surface area contributed by atoms with Crippen molar-refractivity contribution in [1.29, 1.82) is 0 Å². The van der Waals surface area contributed by atoms with Gasteiger partial charge in [0, 0.05) is 5.75 Å². The Morgan fingerprint density at radius 1 is 1.13 bits per heavy atom. The number of nitrogens with zero attached hydrogens (tertiary/aromatic N) is 1. The number of imidazole rings is 1. The molecule has 0 aliphatic heterocycles. The third-order valence-corrected chi connectivity index (χ3v) is 4.70. The third kappa shape index (κ3) is 4.29. The minimum Gasteiger partial charge on any atom is -0.494 e. The minimum atomic E-state index is 0.734. The first-order valence-corrected chi connectivity index (χ1v) is 9.04. The largest absolute Gasteiger partial charge is 0.494 e. The van der Waals surface area contributed by atoms with Crippen molar-refractivity contribution in [1.82, 2.24) is 9.97 Å². The van der Waals surface area contributed by atoms with Crippen molar-refractivity contribution < 1.29 is 4.74 Å². The molecule has 4 heteroatoms. The van der Waals surface area contributed by atoms with E-state index in [0.29, 0.717) is 0 Å². The lowest BCUT2D eigenvalue weighted by atomic mass is 10.2. The lowest BCUT2D eigenvalue weighted by molar-refractivity contribution is 0.318. The molecule has 0 aliphatic rings. The van der Waals surface area contributed by atoms with Crippen LogP contribution < -0.4 is 4.74 Å². The number of fused-ring (bicyclic) bond motifs is 1. The zero-order chi connectivity index (χ0) is 16.1. The SMILES string of the molecule is CCc1ccc(OCCCSc2nc3ccc(C)cc3[nH]2)cc1. The molecule has 23 heavy (non-hydrogen) atoms. The van der Waals surface area contributed by atoms with Gasteiger partial charge in [0.25, 0.3) is 0 Å². The second-order valence-electron chi connectivity index (χ2n) is 5.61. The van der Waals surface area contributed by atoms with Crippen molar-refractivity contribution >= 4 is 22.8 Å². The van der Waals surface area contributed by atoms with Crippen LogP contribution in [0.3, 0.4) is 0 Å².